The SMILES string of the molecule is O=C(NCc1ccc2c(c1)OCO2)C(NS(=O)(=O)c1ccc(Br)s1)c1ccccc1. The van der Waals surface area contributed by atoms with Crippen molar-refractivity contribution in [1.29, 1.82) is 0 Å². The number of fused-ring (bicyclic) bond motifs is 1. The smallest absolute Gasteiger partial charge is 0.251 e. The fraction of sp³-hybridized carbons (Fsp3) is 0.150. The van der Waals surface area contributed by atoms with Gasteiger partial charge in [0.05, 0.1) is 3.79 Å². The molecule has 0 bridgehead atoms. The van der Waals surface area contributed by atoms with Crippen molar-refractivity contribution in [3.8, 4) is 11.5 Å². The largest absolute Gasteiger partial charge is 0.454 e. The van der Waals surface area contributed by atoms with Crippen LogP contribution in [0.4, 0.5) is 0 Å². The van der Waals surface area contributed by atoms with E-state index in [4.69, 9.17) is 9.47 Å². The Morgan fingerprint density at radius 1 is 1.07 bits per heavy atom. The van der Waals surface area contributed by atoms with Gasteiger partial charge in [-0.15, -0.1) is 11.3 Å². The number of hydrogen-bond donors (Lipinski definition) is 2. The third-order valence-corrected chi connectivity index (χ3v) is 7.92. The summed E-state index contributed by atoms with van der Waals surface area (Å²) in [6.07, 6.45) is 0. The van der Waals surface area contributed by atoms with E-state index in [0.29, 0.717) is 20.8 Å². The summed E-state index contributed by atoms with van der Waals surface area (Å²) < 4.78 is 39.6. The van der Waals surface area contributed by atoms with Crippen LogP contribution in [0.3, 0.4) is 0 Å². The highest BCUT2D eigenvalue weighted by molar-refractivity contribution is 9.11. The van der Waals surface area contributed by atoms with Crippen molar-refractivity contribution in [3.63, 3.8) is 0 Å². The minimum absolute atomic E-state index is 0.124. The van der Waals surface area contributed by atoms with Crippen molar-refractivity contribution in [2.45, 2.75) is 16.8 Å². The number of rotatable bonds is 7. The van der Waals surface area contributed by atoms with E-state index in [0.717, 1.165) is 16.9 Å². The van der Waals surface area contributed by atoms with Gasteiger partial charge >= 0.3 is 0 Å². The van der Waals surface area contributed by atoms with Gasteiger partial charge in [-0.05, 0) is 51.3 Å². The Labute approximate surface area is 186 Å². The summed E-state index contributed by atoms with van der Waals surface area (Å²) in [5, 5.41) is 2.80. The van der Waals surface area contributed by atoms with E-state index in [-0.39, 0.29) is 17.5 Å². The second kappa shape index (κ2) is 8.76. The van der Waals surface area contributed by atoms with Crippen LogP contribution in [0.2, 0.25) is 0 Å². The number of halogens is 1. The second-order valence-corrected chi connectivity index (χ2v) is 10.8. The van der Waals surface area contributed by atoms with Crippen LogP contribution in [0.15, 0.2) is 68.7 Å². The summed E-state index contributed by atoms with van der Waals surface area (Å²) in [7, 11) is -3.88. The third-order valence-electron chi connectivity index (χ3n) is 4.39. The molecule has 3 aromatic rings. The number of nitrogens with one attached hydrogen (secondary N) is 2. The molecular weight excluding hydrogens is 492 g/mol. The summed E-state index contributed by atoms with van der Waals surface area (Å²) in [6.45, 7) is 0.382. The third kappa shape index (κ3) is 4.67. The van der Waals surface area contributed by atoms with Gasteiger partial charge in [-0.25, -0.2) is 8.42 Å². The molecule has 1 atom stereocenters. The van der Waals surface area contributed by atoms with E-state index in [1.807, 2.05) is 6.07 Å². The van der Waals surface area contributed by atoms with Crippen LogP contribution < -0.4 is 19.5 Å². The number of benzene rings is 2. The van der Waals surface area contributed by atoms with Crippen LogP contribution in [0.5, 0.6) is 11.5 Å². The molecule has 10 heteroatoms. The van der Waals surface area contributed by atoms with Gasteiger partial charge in [-0.2, -0.15) is 4.72 Å². The highest BCUT2D eigenvalue weighted by atomic mass is 79.9. The van der Waals surface area contributed by atoms with Gasteiger partial charge in [0, 0.05) is 6.54 Å². The number of carbonyl (C=O) groups is 1. The van der Waals surface area contributed by atoms with E-state index in [1.54, 1.807) is 48.5 Å². The summed E-state index contributed by atoms with van der Waals surface area (Å²) in [5.41, 5.74) is 1.35. The summed E-state index contributed by atoms with van der Waals surface area (Å²) in [4.78, 5) is 13.0. The van der Waals surface area contributed by atoms with Gasteiger partial charge in [0.15, 0.2) is 11.5 Å². The fourth-order valence-electron chi connectivity index (χ4n) is 2.92. The van der Waals surface area contributed by atoms with E-state index in [2.05, 4.69) is 26.0 Å². The highest BCUT2D eigenvalue weighted by Gasteiger charge is 2.28. The molecule has 2 N–H and O–H groups in total. The zero-order chi connectivity index (χ0) is 21.1. The van der Waals surface area contributed by atoms with Crippen molar-refractivity contribution in [2.24, 2.45) is 0 Å². The summed E-state index contributed by atoms with van der Waals surface area (Å²) >= 11 is 4.34. The molecule has 0 fully saturated rings. The molecule has 2 aromatic carbocycles. The molecule has 0 saturated carbocycles. The lowest BCUT2D eigenvalue weighted by atomic mass is 10.1. The molecule has 0 spiro atoms. The maximum Gasteiger partial charge on any atom is 0.251 e. The monoisotopic (exact) mass is 508 g/mol. The topological polar surface area (TPSA) is 93.7 Å². The zero-order valence-corrected chi connectivity index (χ0v) is 18.7. The molecule has 1 unspecified atom stereocenters. The van der Waals surface area contributed by atoms with Crippen LogP contribution in [-0.2, 0) is 21.4 Å². The quantitative estimate of drug-likeness (QED) is 0.508. The molecular formula is C20H17BrN2O5S2. The Bertz CT molecular complexity index is 1160. The number of ether oxygens (including phenoxy) is 2. The summed E-state index contributed by atoms with van der Waals surface area (Å²) in [6, 6.07) is 16.2. The lowest BCUT2D eigenvalue weighted by molar-refractivity contribution is -0.123. The van der Waals surface area contributed by atoms with Crippen LogP contribution >= 0.6 is 27.3 Å². The number of carbonyl (C=O) groups excluding carboxylic acids is 1. The molecule has 4 rings (SSSR count). The molecule has 0 radical (unpaired) electrons. The highest BCUT2D eigenvalue weighted by Crippen LogP contribution is 2.32. The Morgan fingerprint density at radius 3 is 2.57 bits per heavy atom. The lowest BCUT2D eigenvalue weighted by Crippen LogP contribution is -2.40. The maximum atomic E-state index is 13.0. The van der Waals surface area contributed by atoms with Gasteiger partial charge in [-0.3, -0.25) is 4.79 Å². The predicted octanol–water partition coefficient (Wildman–Crippen LogP) is 3.58. The first-order valence-corrected chi connectivity index (χ1v) is 12.0. The van der Waals surface area contributed by atoms with Gasteiger partial charge < -0.3 is 14.8 Å². The molecule has 1 amide bonds. The average molecular weight is 509 g/mol. The Kier molecular flexibility index (Phi) is 6.09. The molecule has 30 heavy (non-hydrogen) atoms. The van der Waals surface area contributed by atoms with Crippen LogP contribution in [0, 0.1) is 0 Å². The van der Waals surface area contributed by atoms with Crippen LogP contribution in [-0.4, -0.2) is 21.1 Å². The van der Waals surface area contributed by atoms with Crippen molar-refractivity contribution < 1.29 is 22.7 Å². The van der Waals surface area contributed by atoms with E-state index in [1.165, 1.54) is 6.07 Å². The van der Waals surface area contributed by atoms with E-state index in [9.17, 15) is 13.2 Å². The van der Waals surface area contributed by atoms with Gasteiger partial charge in [-0.1, -0.05) is 36.4 Å². The fourth-order valence-corrected chi connectivity index (χ4v) is 6.13. The molecule has 0 saturated heterocycles. The van der Waals surface area contributed by atoms with Gasteiger partial charge in [0.25, 0.3) is 10.0 Å². The number of thiophene rings is 1. The first-order chi connectivity index (χ1) is 14.4. The average Bonchev–Trinajstić information content (AvgIpc) is 3.39. The Hall–Kier alpha value is -2.40. The normalized spacial score (nSPS) is 13.8. The molecule has 1 aliphatic rings. The molecule has 0 aliphatic carbocycles. The molecule has 1 aliphatic heterocycles. The van der Waals surface area contributed by atoms with Crippen LogP contribution in [0.1, 0.15) is 17.2 Å². The zero-order valence-electron chi connectivity index (χ0n) is 15.5. The summed E-state index contributed by atoms with van der Waals surface area (Å²) in [5.74, 6) is 0.811. The lowest BCUT2D eigenvalue weighted by Gasteiger charge is -2.18. The van der Waals surface area contributed by atoms with Gasteiger partial charge in [0.2, 0.25) is 12.7 Å². The van der Waals surface area contributed by atoms with Crippen LogP contribution in [0.25, 0.3) is 0 Å². The number of amides is 1. The second-order valence-electron chi connectivity index (χ2n) is 6.43. The first kappa shape index (κ1) is 20.9. The Balaban J connectivity index is 1.53. The van der Waals surface area contributed by atoms with Crippen molar-refractivity contribution in [1.82, 2.24) is 10.0 Å². The van der Waals surface area contributed by atoms with Crippen molar-refractivity contribution in [2.75, 3.05) is 6.79 Å². The molecule has 1 aromatic heterocycles. The molecule has 156 valence electrons. The molecule has 7 nitrogen and oxygen atoms in total. The number of sulfonamides is 1. The standard InChI is InChI=1S/C20H17BrN2O5S2/c21-17-8-9-18(29-17)30(25,26)23-19(14-4-2-1-3-5-14)20(24)22-11-13-6-7-15-16(10-13)28-12-27-15/h1-10,19,23H,11-12H2,(H,22,24). The minimum Gasteiger partial charge on any atom is -0.454 e. The first-order valence-electron chi connectivity index (χ1n) is 8.91. The minimum atomic E-state index is -3.88. The van der Waals surface area contributed by atoms with Crippen molar-refractivity contribution in [3.05, 3.63) is 75.6 Å². The number of hydrogen-bond acceptors (Lipinski definition) is 6. The van der Waals surface area contributed by atoms with Crippen molar-refractivity contribution >= 4 is 43.2 Å². The van der Waals surface area contributed by atoms with Gasteiger partial charge in [0.1, 0.15) is 10.3 Å². The predicted molar refractivity (Wildman–Crippen MR) is 116 cm³/mol. The molecule has 2 heterocycles. The Morgan fingerprint density at radius 2 is 1.83 bits per heavy atom. The maximum absolute atomic E-state index is 13.0. The van der Waals surface area contributed by atoms with E-state index < -0.39 is 22.0 Å². The van der Waals surface area contributed by atoms with E-state index >= 15 is 0 Å².